The average Bonchev–Trinajstić information content (AvgIpc) is 1.97. The molecule has 0 unspecified atom stereocenters. The van der Waals surface area contributed by atoms with Crippen LogP contribution >= 0.6 is 0 Å². The molecule has 1 heteroatoms. The quantitative estimate of drug-likeness (QED) is 0.604. The Bertz CT molecular complexity index is 173. The molecule has 62 valence electrons. The molecule has 1 aromatic rings. The first-order chi connectivity index (χ1) is 5.22. The van der Waals surface area contributed by atoms with Crippen LogP contribution in [0.3, 0.4) is 0 Å². The lowest BCUT2D eigenvalue weighted by Crippen LogP contribution is -1.74. The van der Waals surface area contributed by atoms with E-state index < -0.39 is 0 Å². The van der Waals surface area contributed by atoms with Gasteiger partial charge in [-0.1, -0.05) is 24.3 Å². The van der Waals surface area contributed by atoms with Crippen LogP contribution in [-0.2, 0) is 0 Å². The zero-order chi connectivity index (χ0) is 8.69. The Morgan fingerprint density at radius 2 is 1.36 bits per heavy atom. The van der Waals surface area contributed by atoms with Gasteiger partial charge in [0, 0.05) is 6.61 Å². The summed E-state index contributed by atoms with van der Waals surface area (Å²) < 4.78 is 0. The zero-order valence-corrected chi connectivity index (χ0v) is 7.46. The fourth-order valence-electron chi connectivity index (χ4n) is 0.663. The summed E-state index contributed by atoms with van der Waals surface area (Å²) in [6.07, 6.45) is 0. The van der Waals surface area contributed by atoms with E-state index in [1.165, 1.54) is 11.1 Å². The van der Waals surface area contributed by atoms with E-state index in [4.69, 9.17) is 5.11 Å². The molecule has 0 radical (unpaired) electrons. The summed E-state index contributed by atoms with van der Waals surface area (Å²) in [6, 6.07) is 8.36. The van der Waals surface area contributed by atoms with Gasteiger partial charge in [-0.05, 0) is 31.9 Å². The molecule has 0 amide bonds. The van der Waals surface area contributed by atoms with Crippen molar-refractivity contribution in [2.75, 3.05) is 6.61 Å². The van der Waals surface area contributed by atoms with E-state index in [0.717, 1.165) is 0 Å². The Balaban J connectivity index is 0.000000292. The fraction of sp³-hybridized carbons (Fsp3) is 0.400. The summed E-state index contributed by atoms with van der Waals surface area (Å²) in [5, 5.41) is 7.57. The van der Waals surface area contributed by atoms with Crippen LogP contribution in [0.25, 0.3) is 0 Å². The van der Waals surface area contributed by atoms with Gasteiger partial charge in [0.15, 0.2) is 0 Å². The maximum atomic E-state index is 7.57. The topological polar surface area (TPSA) is 20.2 Å². The molecule has 0 atom stereocenters. The summed E-state index contributed by atoms with van der Waals surface area (Å²) >= 11 is 0. The van der Waals surface area contributed by atoms with Crippen molar-refractivity contribution in [2.24, 2.45) is 0 Å². The molecular weight excluding hydrogens is 136 g/mol. The van der Waals surface area contributed by atoms with E-state index >= 15 is 0 Å². The van der Waals surface area contributed by atoms with Crippen molar-refractivity contribution in [3.63, 3.8) is 0 Å². The molecule has 1 nitrogen and oxygen atoms in total. The molecule has 0 saturated carbocycles. The molecule has 0 bridgehead atoms. The van der Waals surface area contributed by atoms with Crippen LogP contribution in [0.4, 0.5) is 0 Å². The van der Waals surface area contributed by atoms with Crippen molar-refractivity contribution < 1.29 is 5.11 Å². The first-order valence-electron chi connectivity index (χ1n) is 3.85. The maximum absolute atomic E-state index is 7.57. The lowest BCUT2D eigenvalue weighted by atomic mass is 10.1. The molecule has 0 aliphatic carbocycles. The largest absolute Gasteiger partial charge is 0.397 e. The molecule has 1 rings (SSSR count). The Labute approximate surface area is 68.7 Å². The number of rotatable bonds is 0. The minimum Gasteiger partial charge on any atom is -0.397 e. The van der Waals surface area contributed by atoms with Crippen LogP contribution in [-0.4, -0.2) is 11.7 Å². The SMILES string of the molecule is CCO.Cc1ccccc1C. The molecule has 1 aromatic carbocycles. The molecular formula is C10H16O. The van der Waals surface area contributed by atoms with E-state index in [1.54, 1.807) is 6.92 Å². The van der Waals surface area contributed by atoms with Gasteiger partial charge in [0.2, 0.25) is 0 Å². The summed E-state index contributed by atoms with van der Waals surface area (Å²) in [5.41, 5.74) is 2.74. The third kappa shape index (κ3) is 4.57. The molecule has 0 spiro atoms. The van der Waals surface area contributed by atoms with E-state index in [9.17, 15) is 0 Å². The highest BCUT2D eigenvalue weighted by Gasteiger charge is 1.83. The molecule has 0 aliphatic heterocycles. The third-order valence-electron chi connectivity index (χ3n) is 1.43. The van der Waals surface area contributed by atoms with E-state index in [0.29, 0.717) is 0 Å². The number of aliphatic hydroxyl groups is 1. The predicted molar refractivity (Wildman–Crippen MR) is 48.7 cm³/mol. The molecule has 0 aromatic heterocycles. The van der Waals surface area contributed by atoms with Gasteiger partial charge >= 0.3 is 0 Å². The van der Waals surface area contributed by atoms with E-state index in [-0.39, 0.29) is 6.61 Å². The number of aryl methyl sites for hydroxylation is 2. The standard InChI is InChI=1S/C8H10.C2H6O/c1-7-5-3-4-6-8(7)2;1-2-3/h3-6H,1-2H3;3H,2H2,1H3. The number of aliphatic hydroxyl groups excluding tert-OH is 1. The van der Waals surface area contributed by atoms with Crippen molar-refractivity contribution in [3.8, 4) is 0 Å². The van der Waals surface area contributed by atoms with E-state index in [1.807, 2.05) is 0 Å². The Kier molecular flexibility index (Phi) is 5.49. The lowest BCUT2D eigenvalue weighted by molar-refractivity contribution is 0.318. The van der Waals surface area contributed by atoms with E-state index in [2.05, 4.69) is 38.1 Å². The van der Waals surface area contributed by atoms with Gasteiger partial charge in [0.1, 0.15) is 0 Å². The van der Waals surface area contributed by atoms with Crippen LogP contribution in [0.1, 0.15) is 18.1 Å². The minimum atomic E-state index is 0.250. The van der Waals surface area contributed by atoms with Gasteiger partial charge in [0.25, 0.3) is 0 Å². The highest BCUT2D eigenvalue weighted by molar-refractivity contribution is 5.23. The first kappa shape index (κ1) is 10.2. The Hall–Kier alpha value is -0.820. The second-order valence-corrected chi connectivity index (χ2v) is 2.40. The first-order valence-corrected chi connectivity index (χ1v) is 3.85. The fourth-order valence-corrected chi connectivity index (χ4v) is 0.663. The molecule has 0 fully saturated rings. The maximum Gasteiger partial charge on any atom is 0.0402 e. The predicted octanol–water partition coefficient (Wildman–Crippen LogP) is 2.30. The van der Waals surface area contributed by atoms with Crippen LogP contribution in [0.2, 0.25) is 0 Å². The summed E-state index contributed by atoms with van der Waals surface area (Å²) in [7, 11) is 0. The average molecular weight is 152 g/mol. The van der Waals surface area contributed by atoms with Crippen LogP contribution < -0.4 is 0 Å². The van der Waals surface area contributed by atoms with Gasteiger partial charge in [0.05, 0.1) is 0 Å². The van der Waals surface area contributed by atoms with Crippen molar-refractivity contribution in [1.82, 2.24) is 0 Å². The van der Waals surface area contributed by atoms with Crippen molar-refractivity contribution in [3.05, 3.63) is 35.4 Å². The molecule has 1 N–H and O–H groups in total. The van der Waals surface area contributed by atoms with Crippen LogP contribution in [0, 0.1) is 13.8 Å². The van der Waals surface area contributed by atoms with Gasteiger partial charge in [-0.25, -0.2) is 0 Å². The highest BCUT2D eigenvalue weighted by atomic mass is 16.2. The number of hydrogen-bond donors (Lipinski definition) is 1. The Morgan fingerprint density at radius 1 is 1.09 bits per heavy atom. The number of hydrogen-bond acceptors (Lipinski definition) is 1. The Morgan fingerprint density at radius 3 is 1.55 bits per heavy atom. The van der Waals surface area contributed by atoms with Gasteiger partial charge in [-0.2, -0.15) is 0 Å². The van der Waals surface area contributed by atoms with Crippen LogP contribution in [0.15, 0.2) is 24.3 Å². The van der Waals surface area contributed by atoms with Gasteiger partial charge < -0.3 is 5.11 Å². The highest BCUT2D eigenvalue weighted by Crippen LogP contribution is 2.02. The van der Waals surface area contributed by atoms with Crippen molar-refractivity contribution in [2.45, 2.75) is 20.8 Å². The normalized spacial score (nSPS) is 8.36. The smallest absolute Gasteiger partial charge is 0.0402 e. The van der Waals surface area contributed by atoms with Crippen LogP contribution in [0.5, 0.6) is 0 Å². The van der Waals surface area contributed by atoms with Crippen molar-refractivity contribution >= 4 is 0 Å². The molecule has 11 heavy (non-hydrogen) atoms. The third-order valence-corrected chi connectivity index (χ3v) is 1.43. The van der Waals surface area contributed by atoms with Gasteiger partial charge in [-0.15, -0.1) is 0 Å². The molecule has 0 saturated heterocycles. The van der Waals surface area contributed by atoms with Crippen molar-refractivity contribution in [1.29, 1.82) is 0 Å². The second kappa shape index (κ2) is 5.93. The van der Waals surface area contributed by atoms with Gasteiger partial charge in [-0.3, -0.25) is 0 Å². The zero-order valence-electron chi connectivity index (χ0n) is 7.46. The summed E-state index contributed by atoms with van der Waals surface area (Å²) in [4.78, 5) is 0. The monoisotopic (exact) mass is 152 g/mol. The molecule has 0 heterocycles. The second-order valence-electron chi connectivity index (χ2n) is 2.40. The lowest BCUT2D eigenvalue weighted by Gasteiger charge is -1.93. The molecule has 0 aliphatic rings. The summed E-state index contributed by atoms with van der Waals surface area (Å²) in [5.74, 6) is 0. The summed E-state index contributed by atoms with van der Waals surface area (Å²) in [6.45, 7) is 6.17. The number of benzene rings is 1. The minimum absolute atomic E-state index is 0.250.